The maximum atomic E-state index is 11.5. The number of hydrogen-bond donors (Lipinski definition) is 1. The van der Waals surface area contributed by atoms with E-state index in [1.807, 2.05) is 23.5 Å². The SMILES string of the molecule is CCOC(=O)C(N)CSC1CCOC2(CCSCC2)C1. The predicted molar refractivity (Wildman–Crippen MR) is 85.3 cm³/mol. The number of thioether (sulfide) groups is 2. The van der Waals surface area contributed by atoms with Crippen molar-refractivity contribution in [2.24, 2.45) is 5.73 Å². The fourth-order valence-corrected chi connectivity index (χ4v) is 5.31. The van der Waals surface area contributed by atoms with Gasteiger partial charge in [-0.05, 0) is 44.1 Å². The number of carbonyl (C=O) groups excluding carboxylic acids is 1. The molecule has 2 saturated heterocycles. The van der Waals surface area contributed by atoms with Crippen molar-refractivity contribution in [3.63, 3.8) is 0 Å². The van der Waals surface area contributed by atoms with Crippen LogP contribution in [0.1, 0.15) is 32.6 Å². The molecule has 2 aliphatic rings. The van der Waals surface area contributed by atoms with Gasteiger partial charge in [0, 0.05) is 17.6 Å². The van der Waals surface area contributed by atoms with E-state index in [0.29, 0.717) is 17.6 Å². The van der Waals surface area contributed by atoms with Gasteiger partial charge < -0.3 is 15.2 Å². The van der Waals surface area contributed by atoms with E-state index < -0.39 is 6.04 Å². The summed E-state index contributed by atoms with van der Waals surface area (Å²) in [7, 11) is 0. The van der Waals surface area contributed by atoms with Crippen LogP contribution in [0.3, 0.4) is 0 Å². The predicted octanol–water partition coefficient (Wildman–Crippen LogP) is 2.05. The number of hydrogen-bond acceptors (Lipinski definition) is 6. The maximum absolute atomic E-state index is 11.5. The molecule has 4 nitrogen and oxygen atoms in total. The molecule has 0 aromatic heterocycles. The van der Waals surface area contributed by atoms with Crippen LogP contribution in [-0.2, 0) is 14.3 Å². The highest BCUT2D eigenvalue weighted by Crippen LogP contribution is 2.40. The van der Waals surface area contributed by atoms with Crippen LogP contribution in [0.4, 0.5) is 0 Å². The van der Waals surface area contributed by atoms with E-state index in [9.17, 15) is 4.79 Å². The van der Waals surface area contributed by atoms with Gasteiger partial charge in [0.2, 0.25) is 0 Å². The van der Waals surface area contributed by atoms with Gasteiger partial charge in [-0.2, -0.15) is 23.5 Å². The zero-order valence-electron chi connectivity index (χ0n) is 12.1. The number of esters is 1. The molecule has 6 heteroatoms. The third-order valence-electron chi connectivity index (χ3n) is 3.95. The lowest BCUT2D eigenvalue weighted by Gasteiger charge is -2.43. The maximum Gasteiger partial charge on any atom is 0.323 e. The van der Waals surface area contributed by atoms with E-state index in [-0.39, 0.29) is 11.6 Å². The molecule has 0 radical (unpaired) electrons. The van der Waals surface area contributed by atoms with Crippen molar-refractivity contribution in [1.29, 1.82) is 0 Å². The van der Waals surface area contributed by atoms with Crippen LogP contribution in [0.5, 0.6) is 0 Å². The zero-order valence-corrected chi connectivity index (χ0v) is 13.8. The summed E-state index contributed by atoms with van der Waals surface area (Å²) in [5, 5.41) is 0.562. The molecule has 0 aliphatic carbocycles. The van der Waals surface area contributed by atoms with Gasteiger partial charge in [-0.1, -0.05) is 0 Å². The third-order valence-corrected chi connectivity index (χ3v) is 6.36. The first-order valence-electron chi connectivity index (χ1n) is 7.41. The molecule has 0 aromatic rings. The molecule has 2 rings (SSSR count). The minimum Gasteiger partial charge on any atom is -0.465 e. The lowest BCUT2D eigenvalue weighted by Crippen LogP contribution is -2.44. The Morgan fingerprint density at radius 3 is 3.00 bits per heavy atom. The Labute approximate surface area is 129 Å². The summed E-state index contributed by atoms with van der Waals surface area (Å²) >= 11 is 3.84. The topological polar surface area (TPSA) is 61.5 Å². The molecular formula is C14H25NO3S2. The largest absolute Gasteiger partial charge is 0.465 e. The molecule has 1 spiro atoms. The van der Waals surface area contributed by atoms with Gasteiger partial charge in [-0.3, -0.25) is 4.79 Å². The van der Waals surface area contributed by atoms with Crippen molar-refractivity contribution in [2.45, 2.75) is 49.5 Å². The molecule has 2 atom stereocenters. The fraction of sp³-hybridized carbons (Fsp3) is 0.929. The molecule has 0 aromatic carbocycles. The highest BCUT2D eigenvalue weighted by atomic mass is 32.2. The average molecular weight is 319 g/mol. The second-order valence-electron chi connectivity index (χ2n) is 5.45. The van der Waals surface area contributed by atoms with Crippen molar-refractivity contribution in [3.8, 4) is 0 Å². The van der Waals surface area contributed by atoms with Crippen molar-refractivity contribution in [2.75, 3.05) is 30.5 Å². The zero-order chi connectivity index (χ0) is 14.4. The highest BCUT2D eigenvalue weighted by Gasteiger charge is 2.39. The van der Waals surface area contributed by atoms with Crippen LogP contribution in [0.15, 0.2) is 0 Å². The Morgan fingerprint density at radius 2 is 2.30 bits per heavy atom. The first kappa shape index (κ1) is 16.5. The summed E-state index contributed by atoms with van der Waals surface area (Å²) in [4.78, 5) is 11.5. The summed E-state index contributed by atoms with van der Waals surface area (Å²) in [5.74, 6) is 2.78. The van der Waals surface area contributed by atoms with Gasteiger partial charge in [0.05, 0.1) is 12.2 Å². The monoisotopic (exact) mass is 319 g/mol. The van der Waals surface area contributed by atoms with E-state index in [0.717, 1.165) is 19.4 Å². The number of rotatable bonds is 5. The van der Waals surface area contributed by atoms with Gasteiger partial charge in [0.15, 0.2) is 0 Å². The third kappa shape index (κ3) is 4.55. The van der Waals surface area contributed by atoms with Crippen LogP contribution >= 0.6 is 23.5 Å². The number of nitrogens with two attached hydrogens (primary N) is 1. The Bertz CT molecular complexity index is 316. The van der Waals surface area contributed by atoms with Gasteiger partial charge in [0.1, 0.15) is 6.04 Å². The van der Waals surface area contributed by atoms with Crippen LogP contribution < -0.4 is 5.73 Å². The summed E-state index contributed by atoms with van der Waals surface area (Å²) in [5.41, 5.74) is 5.97. The molecule has 2 N–H and O–H groups in total. The smallest absolute Gasteiger partial charge is 0.323 e. The van der Waals surface area contributed by atoms with Crippen LogP contribution in [0, 0.1) is 0 Å². The Kier molecular flexibility index (Phi) is 6.52. The fourth-order valence-electron chi connectivity index (χ4n) is 2.77. The van der Waals surface area contributed by atoms with E-state index in [4.69, 9.17) is 15.2 Å². The first-order chi connectivity index (χ1) is 9.65. The van der Waals surface area contributed by atoms with Crippen molar-refractivity contribution in [3.05, 3.63) is 0 Å². The standard InChI is InChI=1S/C14H25NO3S2/c1-2-17-13(16)12(15)10-20-11-3-6-18-14(9-11)4-7-19-8-5-14/h11-12H,2-10,15H2,1H3. The van der Waals surface area contributed by atoms with Crippen LogP contribution in [0.25, 0.3) is 0 Å². The Morgan fingerprint density at radius 1 is 1.55 bits per heavy atom. The quantitative estimate of drug-likeness (QED) is 0.783. The second-order valence-corrected chi connectivity index (χ2v) is 8.01. The second kappa shape index (κ2) is 7.92. The average Bonchev–Trinajstić information content (AvgIpc) is 2.46. The summed E-state index contributed by atoms with van der Waals surface area (Å²) in [6.07, 6.45) is 4.50. The minimum absolute atomic E-state index is 0.106. The van der Waals surface area contributed by atoms with E-state index in [1.165, 1.54) is 24.3 Å². The van der Waals surface area contributed by atoms with Crippen molar-refractivity contribution >= 4 is 29.5 Å². The highest BCUT2D eigenvalue weighted by molar-refractivity contribution is 8.00. The van der Waals surface area contributed by atoms with Crippen molar-refractivity contribution in [1.82, 2.24) is 0 Å². The molecule has 20 heavy (non-hydrogen) atoms. The van der Waals surface area contributed by atoms with Gasteiger partial charge >= 0.3 is 5.97 Å². The lowest BCUT2D eigenvalue weighted by molar-refractivity contribution is -0.144. The molecular weight excluding hydrogens is 294 g/mol. The van der Waals surface area contributed by atoms with Crippen LogP contribution in [-0.4, -0.2) is 53.3 Å². The van der Waals surface area contributed by atoms with E-state index in [1.54, 1.807) is 6.92 Å². The molecule has 0 bridgehead atoms. The van der Waals surface area contributed by atoms with Gasteiger partial charge in [-0.15, -0.1) is 0 Å². The van der Waals surface area contributed by atoms with E-state index in [2.05, 4.69) is 0 Å². The van der Waals surface area contributed by atoms with Gasteiger partial charge in [-0.25, -0.2) is 0 Å². The molecule has 0 amide bonds. The Balaban J connectivity index is 1.76. The molecule has 2 unspecified atom stereocenters. The Hall–Kier alpha value is 0.0900. The summed E-state index contributed by atoms with van der Waals surface area (Å²) < 4.78 is 11.0. The molecule has 2 heterocycles. The summed E-state index contributed by atoms with van der Waals surface area (Å²) in [6.45, 7) is 3.05. The normalized spacial score (nSPS) is 27.2. The number of carbonyl (C=O) groups is 1. The molecule has 116 valence electrons. The van der Waals surface area contributed by atoms with Gasteiger partial charge in [0.25, 0.3) is 0 Å². The molecule has 0 saturated carbocycles. The lowest BCUT2D eigenvalue weighted by atomic mass is 9.88. The molecule has 2 aliphatic heterocycles. The van der Waals surface area contributed by atoms with Crippen molar-refractivity contribution < 1.29 is 14.3 Å². The summed E-state index contributed by atoms with van der Waals surface area (Å²) in [6, 6.07) is -0.499. The first-order valence-corrected chi connectivity index (χ1v) is 9.61. The van der Waals surface area contributed by atoms with Crippen LogP contribution in [0.2, 0.25) is 0 Å². The minimum atomic E-state index is -0.499. The molecule has 2 fully saturated rings. The van der Waals surface area contributed by atoms with E-state index >= 15 is 0 Å². The number of ether oxygens (including phenoxy) is 2.